The molecule has 3 rings (SSSR count). The Balaban J connectivity index is 1.62. The lowest BCUT2D eigenvalue weighted by atomic mass is 10.0. The fourth-order valence-corrected chi connectivity index (χ4v) is 2.96. The molecule has 2 aromatic rings. The quantitative estimate of drug-likeness (QED) is 0.939. The number of hydrogen-bond donors (Lipinski definition) is 1. The fraction of sp³-hybridized carbons (Fsp3) is 0.471. The van der Waals surface area contributed by atoms with Gasteiger partial charge in [-0.1, -0.05) is 6.07 Å². The number of hydrogen-bond acceptors (Lipinski definition) is 5. The Hall–Kier alpha value is -2.01. The van der Waals surface area contributed by atoms with Gasteiger partial charge in [-0.05, 0) is 50.5 Å². The monoisotopic (exact) mass is 297 g/mol. The Kier molecular flexibility index (Phi) is 4.63. The van der Waals surface area contributed by atoms with Gasteiger partial charge >= 0.3 is 0 Å². The molecule has 2 atom stereocenters. The molecule has 1 fully saturated rings. The molecule has 5 nitrogen and oxygen atoms in total. The molecule has 22 heavy (non-hydrogen) atoms. The molecule has 0 saturated carbocycles. The highest BCUT2D eigenvalue weighted by atomic mass is 15.3. The number of nitrogens with one attached hydrogen (secondary N) is 1. The molecule has 0 aromatic carbocycles. The molecule has 0 spiro atoms. The van der Waals surface area contributed by atoms with E-state index in [1.165, 1.54) is 18.4 Å². The zero-order valence-electron chi connectivity index (χ0n) is 13.2. The first-order valence-electron chi connectivity index (χ1n) is 7.93. The van der Waals surface area contributed by atoms with Crippen LogP contribution in [0.25, 0.3) is 0 Å². The summed E-state index contributed by atoms with van der Waals surface area (Å²) < 4.78 is 0. The van der Waals surface area contributed by atoms with Crippen molar-refractivity contribution in [1.29, 1.82) is 0 Å². The number of pyridine rings is 1. The standard InChI is InChI=1S/C17H23N5/c1-13-7-8-17(21-20-13)22-10-4-6-16(12-22)19-14(2)15-5-3-9-18-11-15/h3,5,7-9,11,14,16,19H,4,6,10,12H2,1-2H3. The highest BCUT2D eigenvalue weighted by Crippen LogP contribution is 2.20. The van der Waals surface area contributed by atoms with E-state index in [2.05, 4.69) is 44.5 Å². The molecule has 2 aromatic heterocycles. The van der Waals surface area contributed by atoms with Crippen molar-refractivity contribution < 1.29 is 0 Å². The number of rotatable bonds is 4. The summed E-state index contributed by atoms with van der Waals surface area (Å²) in [4.78, 5) is 6.52. The Labute approximate surface area is 131 Å². The van der Waals surface area contributed by atoms with E-state index in [1.807, 2.05) is 31.5 Å². The molecule has 1 saturated heterocycles. The third kappa shape index (κ3) is 3.60. The highest BCUT2D eigenvalue weighted by molar-refractivity contribution is 5.38. The van der Waals surface area contributed by atoms with Gasteiger partial charge in [0.05, 0.1) is 5.69 Å². The lowest BCUT2D eigenvalue weighted by Gasteiger charge is -2.35. The van der Waals surface area contributed by atoms with Crippen molar-refractivity contribution in [3.05, 3.63) is 47.9 Å². The van der Waals surface area contributed by atoms with Crippen LogP contribution in [0.2, 0.25) is 0 Å². The molecule has 5 heteroatoms. The van der Waals surface area contributed by atoms with Crippen molar-refractivity contribution in [2.45, 2.75) is 38.8 Å². The zero-order valence-corrected chi connectivity index (χ0v) is 13.2. The molecule has 1 N–H and O–H groups in total. The van der Waals surface area contributed by atoms with Gasteiger partial charge in [-0.25, -0.2) is 0 Å². The summed E-state index contributed by atoms with van der Waals surface area (Å²) in [7, 11) is 0. The van der Waals surface area contributed by atoms with Gasteiger partial charge < -0.3 is 10.2 Å². The van der Waals surface area contributed by atoms with E-state index in [0.717, 1.165) is 24.6 Å². The number of aromatic nitrogens is 3. The average Bonchev–Trinajstić information content (AvgIpc) is 2.56. The lowest BCUT2D eigenvalue weighted by molar-refractivity contribution is 0.386. The summed E-state index contributed by atoms with van der Waals surface area (Å²) in [5.74, 6) is 0.978. The van der Waals surface area contributed by atoms with Gasteiger partial charge in [0.1, 0.15) is 0 Å². The van der Waals surface area contributed by atoms with E-state index in [9.17, 15) is 0 Å². The molecule has 0 amide bonds. The van der Waals surface area contributed by atoms with Gasteiger partial charge in [0, 0.05) is 37.6 Å². The van der Waals surface area contributed by atoms with Crippen LogP contribution in [0.4, 0.5) is 5.82 Å². The van der Waals surface area contributed by atoms with Crippen LogP contribution in [0.15, 0.2) is 36.7 Å². The number of piperidine rings is 1. The van der Waals surface area contributed by atoms with Crippen LogP contribution in [-0.2, 0) is 0 Å². The molecule has 0 aliphatic carbocycles. The van der Waals surface area contributed by atoms with Crippen molar-refractivity contribution in [1.82, 2.24) is 20.5 Å². The molecule has 2 unspecified atom stereocenters. The SMILES string of the molecule is Cc1ccc(N2CCCC(NC(C)c3cccnc3)C2)nn1. The Morgan fingerprint density at radius 3 is 2.91 bits per heavy atom. The first kappa shape index (κ1) is 14.9. The maximum absolute atomic E-state index is 4.31. The van der Waals surface area contributed by atoms with Gasteiger partial charge in [-0.2, -0.15) is 5.10 Å². The molecule has 116 valence electrons. The van der Waals surface area contributed by atoms with Crippen LogP contribution in [-0.4, -0.2) is 34.3 Å². The molecular formula is C17H23N5. The van der Waals surface area contributed by atoms with Crippen molar-refractivity contribution in [3.8, 4) is 0 Å². The fourth-order valence-electron chi connectivity index (χ4n) is 2.96. The predicted octanol–water partition coefficient (Wildman–Crippen LogP) is 2.50. The summed E-state index contributed by atoms with van der Waals surface area (Å²) in [5, 5.41) is 12.2. The number of nitrogens with zero attached hydrogens (tertiary/aromatic N) is 4. The smallest absolute Gasteiger partial charge is 0.151 e. The van der Waals surface area contributed by atoms with Crippen LogP contribution < -0.4 is 10.2 Å². The van der Waals surface area contributed by atoms with Crippen LogP contribution >= 0.6 is 0 Å². The molecule has 1 aliphatic heterocycles. The van der Waals surface area contributed by atoms with Crippen LogP contribution in [0.5, 0.6) is 0 Å². The molecular weight excluding hydrogens is 274 g/mol. The molecule has 1 aliphatic rings. The Bertz CT molecular complexity index is 584. The number of anilines is 1. The maximum atomic E-state index is 4.31. The van der Waals surface area contributed by atoms with E-state index < -0.39 is 0 Å². The highest BCUT2D eigenvalue weighted by Gasteiger charge is 2.22. The second kappa shape index (κ2) is 6.83. The molecule has 3 heterocycles. The second-order valence-electron chi connectivity index (χ2n) is 5.99. The largest absolute Gasteiger partial charge is 0.354 e. The predicted molar refractivity (Wildman–Crippen MR) is 87.8 cm³/mol. The van der Waals surface area contributed by atoms with Crippen LogP contribution in [0, 0.1) is 6.92 Å². The third-order valence-corrected chi connectivity index (χ3v) is 4.20. The van der Waals surface area contributed by atoms with Crippen molar-refractivity contribution in [2.75, 3.05) is 18.0 Å². The zero-order chi connectivity index (χ0) is 15.4. The third-order valence-electron chi connectivity index (χ3n) is 4.20. The van der Waals surface area contributed by atoms with Crippen molar-refractivity contribution in [2.24, 2.45) is 0 Å². The van der Waals surface area contributed by atoms with E-state index >= 15 is 0 Å². The van der Waals surface area contributed by atoms with Gasteiger partial charge in [0.2, 0.25) is 0 Å². The first-order valence-corrected chi connectivity index (χ1v) is 7.93. The first-order chi connectivity index (χ1) is 10.7. The Morgan fingerprint density at radius 2 is 2.18 bits per heavy atom. The van der Waals surface area contributed by atoms with Gasteiger partial charge in [0.25, 0.3) is 0 Å². The summed E-state index contributed by atoms with van der Waals surface area (Å²) in [6.07, 6.45) is 6.12. The van der Waals surface area contributed by atoms with Crippen molar-refractivity contribution >= 4 is 5.82 Å². The van der Waals surface area contributed by atoms with E-state index in [0.29, 0.717) is 12.1 Å². The van der Waals surface area contributed by atoms with Gasteiger partial charge in [-0.15, -0.1) is 5.10 Å². The maximum Gasteiger partial charge on any atom is 0.151 e. The summed E-state index contributed by atoms with van der Waals surface area (Å²) >= 11 is 0. The summed E-state index contributed by atoms with van der Waals surface area (Å²) in [6, 6.07) is 8.97. The lowest BCUT2D eigenvalue weighted by Crippen LogP contribution is -2.46. The minimum absolute atomic E-state index is 0.308. The van der Waals surface area contributed by atoms with Crippen LogP contribution in [0.3, 0.4) is 0 Å². The van der Waals surface area contributed by atoms with E-state index in [-0.39, 0.29) is 0 Å². The van der Waals surface area contributed by atoms with Crippen LogP contribution in [0.1, 0.15) is 37.1 Å². The van der Waals surface area contributed by atoms with Crippen molar-refractivity contribution in [3.63, 3.8) is 0 Å². The average molecular weight is 297 g/mol. The topological polar surface area (TPSA) is 53.9 Å². The minimum Gasteiger partial charge on any atom is -0.354 e. The molecule has 0 radical (unpaired) electrons. The summed E-state index contributed by atoms with van der Waals surface area (Å²) in [6.45, 7) is 6.19. The number of aryl methyl sites for hydroxylation is 1. The van der Waals surface area contributed by atoms with Gasteiger partial charge in [-0.3, -0.25) is 4.98 Å². The molecule has 0 bridgehead atoms. The second-order valence-corrected chi connectivity index (χ2v) is 5.99. The normalized spacial score (nSPS) is 19.9. The minimum atomic E-state index is 0.308. The van der Waals surface area contributed by atoms with Gasteiger partial charge in [0.15, 0.2) is 5.82 Å². The van der Waals surface area contributed by atoms with E-state index in [4.69, 9.17) is 0 Å². The summed E-state index contributed by atoms with van der Waals surface area (Å²) in [5.41, 5.74) is 2.19. The van der Waals surface area contributed by atoms with E-state index in [1.54, 1.807) is 0 Å². The Morgan fingerprint density at radius 1 is 1.27 bits per heavy atom.